The summed E-state index contributed by atoms with van der Waals surface area (Å²) >= 11 is 0. The van der Waals surface area contributed by atoms with E-state index in [1.807, 2.05) is 0 Å². The first-order valence-corrected chi connectivity index (χ1v) is 6.37. The van der Waals surface area contributed by atoms with Gasteiger partial charge < -0.3 is 10.6 Å². The van der Waals surface area contributed by atoms with Gasteiger partial charge in [-0.05, 0) is 43.7 Å². The van der Waals surface area contributed by atoms with Crippen LogP contribution in [-0.2, 0) is 0 Å². The second-order valence-electron chi connectivity index (χ2n) is 6.38. The fourth-order valence-electron chi connectivity index (χ4n) is 2.89. The molecule has 1 fully saturated rings. The molecule has 1 aliphatic rings. The summed E-state index contributed by atoms with van der Waals surface area (Å²) in [4.78, 5) is 2.59. The van der Waals surface area contributed by atoms with Crippen molar-refractivity contribution in [3.63, 3.8) is 0 Å². The van der Waals surface area contributed by atoms with Crippen molar-refractivity contribution < 1.29 is 0 Å². The predicted molar refractivity (Wildman–Crippen MR) is 66.9 cm³/mol. The van der Waals surface area contributed by atoms with Crippen LogP contribution in [0.3, 0.4) is 0 Å². The Hall–Kier alpha value is -0.0800. The van der Waals surface area contributed by atoms with Crippen molar-refractivity contribution in [3.8, 4) is 0 Å². The van der Waals surface area contributed by atoms with Crippen LogP contribution in [0.15, 0.2) is 0 Å². The zero-order valence-electron chi connectivity index (χ0n) is 10.9. The van der Waals surface area contributed by atoms with Gasteiger partial charge in [0.15, 0.2) is 0 Å². The Bertz CT molecular complexity index is 179. The average Bonchev–Trinajstić information content (AvgIpc) is 2.06. The van der Waals surface area contributed by atoms with Crippen molar-refractivity contribution in [1.29, 1.82) is 0 Å². The minimum absolute atomic E-state index is 0.453. The van der Waals surface area contributed by atoms with Crippen LogP contribution in [0.2, 0.25) is 0 Å². The van der Waals surface area contributed by atoms with Crippen molar-refractivity contribution in [3.05, 3.63) is 0 Å². The highest BCUT2D eigenvalue weighted by atomic mass is 15.1. The Kier molecular flexibility index (Phi) is 4.60. The molecule has 0 spiro atoms. The summed E-state index contributed by atoms with van der Waals surface area (Å²) < 4.78 is 0. The van der Waals surface area contributed by atoms with E-state index in [0.29, 0.717) is 11.5 Å². The molecule has 0 aromatic heterocycles. The molecule has 0 bridgehead atoms. The molecule has 0 amide bonds. The first-order chi connectivity index (χ1) is 6.89. The van der Waals surface area contributed by atoms with Crippen LogP contribution in [-0.4, -0.2) is 30.6 Å². The van der Waals surface area contributed by atoms with Crippen molar-refractivity contribution in [2.24, 2.45) is 17.1 Å². The van der Waals surface area contributed by atoms with Crippen molar-refractivity contribution in [2.75, 3.05) is 19.6 Å². The summed E-state index contributed by atoms with van der Waals surface area (Å²) in [6, 6.07) is 0.453. The Balaban J connectivity index is 2.33. The lowest BCUT2D eigenvalue weighted by atomic mass is 9.83. The monoisotopic (exact) mass is 212 g/mol. The average molecular weight is 212 g/mol. The molecular formula is C13H28N2. The largest absolute Gasteiger partial charge is 0.328 e. The summed E-state index contributed by atoms with van der Waals surface area (Å²) in [6.07, 6.45) is 3.67. The van der Waals surface area contributed by atoms with Crippen LogP contribution < -0.4 is 5.73 Å². The third-order valence-corrected chi connectivity index (χ3v) is 3.24. The molecule has 0 aliphatic carbocycles. The molecule has 0 radical (unpaired) electrons. The maximum Gasteiger partial charge on any atom is 0.00631 e. The Morgan fingerprint density at radius 1 is 1.27 bits per heavy atom. The molecule has 1 aliphatic heterocycles. The van der Waals surface area contributed by atoms with E-state index < -0.39 is 0 Å². The van der Waals surface area contributed by atoms with Crippen LogP contribution in [0.1, 0.15) is 47.0 Å². The van der Waals surface area contributed by atoms with E-state index in [-0.39, 0.29) is 0 Å². The number of nitrogens with zero attached hydrogens (tertiary/aromatic N) is 1. The normalized spacial score (nSPS) is 21.2. The zero-order chi connectivity index (χ0) is 11.5. The van der Waals surface area contributed by atoms with E-state index in [2.05, 4.69) is 32.6 Å². The molecule has 1 saturated heterocycles. The number of likely N-dealkylation sites (tertiary alicyclic amines) is 1. The fraction of sp³-hybridized carbons (Fsp3) is 1.00. The highest BCUT2D eigenvalue weighted by Crippen LogP contribution is 2.27. The van der Waals surface area contributed by atoms with Crippen LogP contribution in [0.25, 0.3) is 0 Å². The van der Waals surface area contributed by atoms with Crippen LogP contribution in [0, 0.1) is 11.3 Å². The first kappa shape index (κ1) is 13.0. The first-order valence-electron chi connectivity index (χ1n) is 6.37. The lowest BCUT2D eigenvalue weighted by Gasteiger charge is -2.37. The Morgan fingerprint density at radius 3 is 2.27 bits per heavy atom. The molecule has 1 heterocycles. The topological polar surface area (TPSA) is 29.3 Å². The molecule has 15 heavy (non-hydrogen) atoms. The third-order valence-electron chi connectivity index (χ3n) is 3.24. The molecule has 2 N–H and O–H groups in total. The molecule has 0 saturated carbocycles. The summed E-state index contributed by atoms with van der Waals surface area (Å²) in [5.74, 6) is 0.798. The van der Waals surface area contributed by atoms with E-state index in [4.69, 9.17) is 5.73 Å². The highest BCUT2D eigenvalue weighted by Gasteiger charge is 2.25. The highest BCUT2D eigenvalue weighted by molar-refractivity contribution is 4.80. The summed E-state index contributed by atoms with van der Waals surface area (Å²) in [7, 11) is 0. The number of hydrogen-bond acceptors (Lipinski definition) is 2. The lowest BCUT2D eigenvalue weighted by Crippen LogP contribution is -2.43. The lowest BCUT2D eigenvalue weighted by molar-refractivity contribution is 0.129. The summed E-state index contributed by atoms with van der Waals surface area (Å²) in [5, 5.41) is 0. The van der Waals surface area contributed by atoms with Crippen molar-refractivity contribution in [1.82, 2.24) is 4.90 Å². The van der Waals surface area contributed by atoms with Gasteiger partial charge in [0, 0.05) is 12.6 Å². The molecule has 2 nitrogen and oxygen atoms in total. The van der Waals surface area contributed by atoms with E-state index in [1.54, 1.807) is 0 Å². The Labute approximate surface area is 95.2 Å². The van der Waals surface area contributed by atoms with Gasteiger partial charge in [0.25, 0.3) is 0 Å². The molecule has 0 aromatic carbocycles. The van der Waals surface area contributed by atoms with Gasteiger partial charge in [-0.2, -0.15) is 0 Å². The van der Waals surface area contributed by atoms with Gasteiger partial charge in [-0.3, -0.25) is 0 Å². The molecule has 2 heteroatoms. The predicted octanol–water partition coefficient (Wildman–Crippen LogP) is 2.48. The third kappa shape index (κ3) is 4.98. The summed E-state index contributed by atoms with van der Waals surface area (Å²) in [5.41, 5.74) is 6.37. The van der Waals surface area contributed by atoms with Crippen LogP contribution >= 0.6 is 0 Å². The van der Waals surface area contributed by atoms with Gasteiger partial charge in [0.2, 0.25) is 0 Å². The van der Waals surface area contributed by atoms with Gasteiger partial charge in [0.05, 0.1) is 0 Å². The van der Waals surface area contributed by atoms with E-state index in [9.17, 15) is 0 Å². The van der Waals surface area contributed by atoms with Crippen molar-refractivity contribution in [2.45, 2.75) is 53.0 Å². The number of nitrogens with two attached hydrogens (primary N) is 1. The van der Waals surface area contributed by atoms with E-state index in [0.717, 1.165) is 5.92 Å². The van der Waals surface area contributed by atoms with Gasteiger partial charge >= 0.3 is 0 Å². The van der Waals surface area contributed by atoms with Gasteiger partial charge in [-0.1, -0.05) is 27.7 Å². The molecule has 90 valence electrons. The second-order valence-corrected chi connectivity index (χ2v) is 6.38. The maximum atomic E-state index is 5.91. The Morgan fingerprint density at radius 2 is 1.80 bits per heavy atom. The standard InChI is InChI=1S/C13H28N2/c1-11(2)9-13(3,4)10-15-7-5-12(14)6-8-15/h11-12H,5-10,14H2,1-4H3. The maximum absolute atomic E-state index is 5.91. The van der Waals surface area contributed by atoms with Gasteiger partial charge in [-0.25, -0.2) is 0 Å². The fourth-order valence-corrected chi connectivity index (χ4v) is 2.89. The summed E-state index contributed by atoms with van der Waals surface area (Å²) in [6.45, 7) is 13.0. The van der Waals surface area contributed by atoms with Crippen LogP contribution in [0.5, 0.6) is 0 Å². The van der Waals surface area contributed by atoms with Gasteiger partial charge in [0.1, 0.15) is 0 Å². The van der Waals surface area contributed by atoms with Crippen LogP contribution in [0.4, 0.5) is 0 Å². The minimum Gasteiger partial charge on any atom is -0.328 e. The SMILES string of the molecule is CC(C)CC(C)(C)CN1CCC(N)CC1. The minimum atomic E-state index is 0.453. The second kappa shape index (κ2) is 5.31. The number of piperidine rings is 1. The van der Waals surface area contributed by atoms with Crippen molar-refractivity contribution >= 4 is 0 Å². The van der Waals surface area contributed by atoms with E-state index >= 15 is 0 Å². The zero-order valence-corrected chi connectivity index (χ0v) is 10.9. The molecule has 0 unspecified atom stereocenters. The number of rotatable bonds is 4. The molecule has 0 aromatic rings. The molecular weight excluding hydrogens is 184 g/mol. The smallest absolute Gasteiger partial charge is 0.00631 e. The van der Waals surface area contributed by atoms with Gasteiger partial charge in [-0.15, -0.1) is 0 Å². The van der Waals surface area contributed by atoms with E-state index in [1.165, 1.54) is 38.9 Å². The molecule has 1 rings (SSSR count). The quantitative estimate of drug-likeness (QED) is 0.776. The number of hydrogen-bond donors (Lipinski definition) is 1. The molecule has 0 atom stereocenters.